The molecule has 2 N–H and O–H groups in total. The summed E-state index contributed by atoms with van der Waals surface area (Å²) in [6.07, 6.45) is 2.69. The molecule has 3 heteroatoms. The van der Waals surface area contributed by atoms with Gasteiger partial charge in [-0.3, -0.25) is 4.98 Å². The molecule has 0 saturated carbocycles. The van der Waals surface area contributed by atoms with Crippen LogP contribution < -0.4 is 5.73 Å². The van der Waals surface area contributed by atoms with E-state index in [1.165, 1.54) is 12.4 Å². The molecule has 0 spiro atoms. The quantitative estimate of drug-likeness (QED) is 0.637. The number of pyridine rings is 1. The standard InChI is InChI=1S/C7H9FN2/c1-5(9)6-2-3-10-4-7(6)8/h2-5H,9H2,1H3. The van der Waals surface area contributed by atoms with Crippen LogP contribution >= 0.6 is 0 Å². The van der Waals surface area contributed by atoms with Crippen molar-refractivity contribution < 1.29 is 4.39 Å². The minimum atomic E-state index is -0.336. The van der Waals surface area contributed by atoms with E-state index < -0.39 is 0 Å². The second-order valence-electron chi connectivity index (χ2n) is 2.19. The van der Waals surface area contributed by atoms with Crippen LogP contribution in [0.1, 0.15) is 18.5 Å². The molecule has 0 amide bonds. The van der Waals surface area contributed by atoms with Gasteiger partial charge in [-0.2, -0.15) is 0 Å². The molecule has 1 aromatic rings. The van der Waals surface area contributed by atoms with Gasteiger partial charge in [-0.05, 0) is 13.0 Å². The van der Waals surface area contributed by atoms with E-state index in [1.54, 1.807) is 13.0 Å². The Labute approximate surface area is 58.9 Å². The molecule has 1 rings (SSSR count). The summed E-state index contributed by atoms with van der Waals surface area (Å²) in [5, 5.41) is 0. The van der Waals surface area contributed by atoms with E-state index in [2.05, 4.69) is 4.98 Å². The van der Waals surface area contributed by atoms with Gasteiger partial charge in [0.25, 0.3) is 0 Å². The summed E-state index contributed by atoms with van der Waals surface area (Å²) in [4.78, 5) is 3.60. The maximum Gasteiger partial charge on any atom is 0.146 e. The van der Waals surface area contributed by atoms with Gasteiger partial charge in [-0.25, -0.2) is 4.39 Å². The van der Waals surface area contributed by atoms with Crippen molar-refractivity contribution >= 4 is 0 Å². The Kier molecular flexibility index (Phi) is 1.97. The van der Waals surface area contributed by atoms with Crippen LogP contribution in [-0.4, -0.2) is 4.98 Å². The fraction of sp³-hybridized carbons (Fsp3) is 0.286. The van der Waals surface area contributed by atoms with Crippen molar-refractivity contribution in [1.82, 2.24) is 4.98 Å². The van der Waals surface area contributed by atoms with E-state index in [-0.39, 0.29) is 11.9 Å². The molecule has 0 aromatic carbocycles. The molecule has 1 heterocycles. The fourth-order valence-corrected chi connectivity index (χ4v) is 0.755. The lowest BCUT2D eigenvalue weighted by molar-refractivity contribution is 0.587. The monoisotopic (exact) mass is 140 g/mol. The highest BCUT2D eigenvalue weighted by Crippen LogP contribution is 2.11. The van der Waals surface area contributed by atoms with Gasteiger partial charge in [0.05, 0.1) is 6.20 Å². The highest BCUT2D eigenvalue weighted by molar-refractivity contribution is 5.15. The molecular weight excluding hydrogens is 131 g/mol. The van der Waals surface area contributed by atoms with E-state index in [1.807, 2.05) is 0 Å². The Hall–Kier alpha value is -0.960. The molecule has 0 radical (unpaired) electrons. The van der Waals surface area contributed by atoms with Gasteiger partial charge in [-0.15, -0.1) is 0 Å². The first-order valence-electron chi connectivity index (χ1n) is 3.07. The first-order chi connectivity index (χ1) is 4.72. The van der Waals surface area contributed by atoms with E-state index in [0.717, 1.165) is 0 Å². The molecule has 1 unspecified atom stereocenters. The normalized spacial score (nSPS) is 13.1. The highest BCUT2D eigenvalue weighted by Gasteiger charge is 2.03. The topological polar surface area (TPSA) is 38.9 Å². The lowest BCUT2D eigenvalue weighted by Crippen LogP contribution is -2.07. The maximum absolute atomic E-state index is 12.7. The average Bonchev–Trinajstić information content (AvgIpc) is 1.88. The van der Waals surface area contributed by atoms with E-state index in [0.29, 0.717) is 5.56 Å². The van der Waals surface area contributed by atoms with Crippen molar-refractivity contribution in [2.75, 3.05) is 0 Å². The summed E-state index contributed by atoms with van der Waals surface area (Å²) in [7, 11) is 0. The Morgan fingerprint density at radius 2 is 2.40 bits per heavy atom. The Morgan fingerprint density at radius 1 is 1.70 bits per heavy atom. The Bertz CT molecular complexity index is 223. The summed E-state index contributed by atoms with van der Waals surface area (Å²) in [5.41, 5.74) is 5.96. The van der Waals surface area contributed by atoms with Gasteiger partial charge >= 0.3 is 0 Å². The van der Waals surface area contributed by atoms with Crippen LogP contribution in [0.25, 0.3) is 0 Å². The summed E-state index contributed by atoms with van der Waals surface area (Å²) in [6.45, 7) is 1.73. The van der Waals surface area contributed by atoms with E-state index >= 15 is 0 Å². The summed E-state index contributed by atoms with van der Waals surface area (Å²) in [5.74, 6) is -0.336. The van der Waals surface area contributed by atoms with Gasteiger partial charge in [0.15, 0.2) is 0 Å². The average molecular weight is 140 g/mol. The second-order valence-corrected chi connectivity index (χ2v) is 2.19. The number of hydrogen-bond acceptors (Lipinski definition) is 2. The molecule has 1 atom stereocenters. The van der Waals surface area contributed by atoms with E-state index in [4.69, 9.17) is 5.73 Å². The summed E-state index contributed by atoms with van der Waals surface area (Å²) >= 11 is 0. The number of rotatable bonds is 1. The number of nitrogens with two attached hydrogens (primary N) is 1. The zero-order chi connectivity index (χ0) is 7.56. The summed E-state index contributed by atoms with van der Waals surface area (Å²) in [6, 6.07) is 1.32. The van der Waals surface area contributed by atoms with Gasteiger partial charge in [0.2, 0.25) is 0 Å². The first kappa shape index (κ1) is 7.15. The molecule has 54 valence electrons. The van der Waals surface area contributed by atoms with Crippen LogP contribution in [0.15, 0.2) is 18.5 Å². The SMILES string of the molecule is CC(N)c1ccncc1F. The van der Waals surface area contributed by atoms with Crippen molar-refractivity contribution in [2.45, 2.75) is 13.0 Å². The minimum absolute atomic E-state index is 0.261. The highest BCUT2D eigenvalue weighted by atomic mass is 19.1. The second kappa shape index (κ2) is 2.75. The Morgan fingerprint density at radius 3 is 2.80 bits per heavy atom. The molecule has 10 heavy (non-hydrogen) atoms. The Balaban J connectivity index is 3.03. The number of hydrogen-bond donors (Lipinski definition) is 1. The molecule has 0 bridgehead atoms. The van der Waals surface area contributed by atoms with Gasteiger partial charge in [0.1, 0.15) is 5.82 Å². The fourth-order valence-electron chi connectivity index (χ4n) is 0.755. The van der Waals surface area contributed by atoms with Crippen LogP contribution in [-0.2, 0) is 0 Å². The molecule has 1 aromatic heterocycles. The number of aromatic nitrogens is 1. The molecule has 0 aliphatic rings. The largest absolute Gasteiger partial charge is 0.324 e. The molecule has 0 aliphatic heterocycles. The third-order valence-electron chi connectivity index (χ3n) is 1.29. The molecule has 0 aliphatic carbocycles. The van der Waals surface area contributed by atoms with Crippen LogP contribution in [0.4, 0.5) is 4.39 Å². The smallest absolute Gasteiger partial charge is 0.146 e. The maximum atomic E-state index is 12.7. The summed E-state index contributed by atoms with van der Waals surface area (Å²) < 4.78 is 12.7. The van der Waals surface area contributed by atoms with Crippen molar-refractivity contribution in [3.63, 3.8) is 0 Å². The van der Waals surface area contributed by atoms with Gasteiger partial charge in [-0.1, -0.05) is 0 Å². The number of nitrogens with zero attached hydrogens (tertiary/aromatic N) is 1. The molecule has 0 saturated heterocycles. The van der Waals surface area contributed by atoms with Crippen molar-refractivity contribution in [2.24, 2.45) is 5.73 Å². The van der Waals surface area contributed by atoms with Crippen molar-refractivity contribution in [3.05, 3.63) is 29.8 Å². The van der Waals surface area contributed by atoms with Crippen LogP contribution in [0.2, 0.25) is 0 Å². The number of halogens is 1. The van der Waals surface area contributed by atoms with Crippen LogP contribution in [0.3, 0.4) is 0 Å². The van der Waals surface area contributed by atoms with E-state index in [9.17, 15) is 4.39 Å². The third kappa shape index (κ3) is 1.30. The lowest BCUT2D eigenvalue weighted by Gasteiger charge is -2.04. The lowest BCUT2D eigenvalue weighted by atomic mass is 10.1. The van der Waals surface area contributed by atoms with Crippen LogP contribution in [0, 0.1) is 5.82 Å². The van der Waals surface area contributed by atoms with Crippen molar-refractivity contribution in [1.29, 1.82) is 0 Å². The van der Waals surface area contributed by atoms with Crippen molar-refractivity contribution in [3.8, 4) is 0 Å². The minimum Gasteiger partial charge on any atom is -0.324 e. The predicted molar refractivity (Wildman–Crippen MR) is 36.8 cm³/mol. The third-order valence-corrected chi connectivity index (χ3v) is 1.29. The van der Waals surface area contributed by atoms with Crippen LogP contribution in [0.5, 0.6) is 0 Å². The zero-order valence-electron chi connectivity index (χ0n) is 5.71. The zero-order valence-corrected chi connectivity index (χ0v) is 5.71. The molecule has 0 fully saturated rings. The first-order valence-corrected chi connectivity index (χ1v) is 3.07. The molecule has 2 nitrogen and oxygen atoms in total. The van der Waals surface area contributed by atoms with Gasteiger partial charge < -0.3 is 5.73 Å². The van der Waals surface area contributed by atoms with Gasteiger partial charge in [0, 0.05) is 17.8 Å². The molecular formula is C7H9FN2. The predicted octanol–water partition coefficient (Wildman–Crippen LogP) is 1.24.